The van der Waals surface area contributed by atoms with Crippen molar-refractivity contribution in [3.05, 3.63) is 54.4 Å². The van der Waals surface area contributed by atoms with Crippen molar-refractivity contribution >= 4 is 28.6 Å². The fourth-order valence-corrected chi connectivity index (χ4v) is 3.80. The van der Waals surface area contributed by atoms with Gasteiger partial charge in [0, 0.05) is 24.6 Å². The molecule has 1 fully saturated rings. The first-order chi connectivity index (χ1) is 14.1. The first-order valence-corrected chi connectivity index (χ1v) is 9.66. The Morgan fingerprint density at radius 2 is 1.93 bits per heavy atom. The Hall–Kier alpha value is -3.35. The van der Waals surface area contributed by atoms with Crippen LogP contribution in [0.2, 0.25) is 0 Å². The molecule has 3 aromatic rings. The third kappa shape index (κ3) is 3.68. The normalized spacial score (nSPS) is 16.4. The van der Waals surface area contributed by atoms with E-state index in [-0.39, 0.29) is 24.3 Å². The van der Waals surface area contributed by atoms with E-state index < -0.39 is 0 Å². The van der Waals surface area contributed by atoms with E-state index in [4.69, 9.17) is 14.5 Å². The van der Waals surface area contributed by atoms with Gasteiger partial charge in [0.2, 0.25) is 5.91 Å². The van der Waals surface area contributed by atoms with Crippen LogP contribution >= 0.6 is 0 Å². The maximum absolute atomic E-state index is 12.7. The van der Waals surface area contributed by atoms with Crippen LogP contribution in [0.3, 0.4) is 0 Å². The van der Waals surface area contributed by atoms with Gasteiger partial charge >= 0.3 is 5.97 Å². The molecule has 1 aromatic heterocycles. The minimum Gasteiger partial charge on any atom is -0.497 e. The second-order valence-corrected chi connectivity index (χ2v) is 6.95. The molecule has 0 unspecified atom stereocenters. The molecule has 4 rings (SSSR count). The van der Waals surface area contributed by atoms with E-state index in [9.17, 15) is 9.59 Å². The maximum atomic E-state index is 12.7. The number of hydrogen-bond acceptors (Lipinski definition) is 5. The van der Waals surface area contributed by atoms with Gasteiger partial charge in [-0.3, -0.25) is 9.59 Å². The number of fused-ring (bicyclic) bond motifs is 1. The van der Waals surface area contributed by atoms with Crippen LogP contribution in [0, 0.1) is 0 Å². The second-order valence-electron chi connectivity index (χ2n) is 6.95. The molecular formula is C22H23N3O4. The highest BCUT2D eigenvalue weighted by atomic mass is 16.5. The number of aromatic nitrogens is 2. The van der Waals surface area contributed by atoms with Crippen LogP contribution in [0.4, 0.5) is 5.69 Å². The van der Waals surface area contributed by atoms with E-state index in [2.05, 4.69) is 0 Å². The number of carbonyl (C=O) groups excluding carboxylic acids is 2. The summed E-state index contributed by atoms with van der Waals surface area (Å²) in [6, 6.07) is 15.1. The third-order valence-corrected chi connectivity index (χ3v) is 5.15. The Morgan fingerprint density at radius 3 is 2.66 bits per heavy atom. The van der Waals surface area contributed by atoms with Gasteiger partial charge in [-0.25, -0.2) is 4.98 Å². The molecule has 0 bridgehead atoms. The molecule has 2 heterocycles. The second kappa shape index (κ2) is 7.95. The average Bonchev–Trinajstić information content (AvgIpc) is 3.29. The molecule has 1 aliphatic rings. The van der Waals surface area contributed by atoms with Crippen LogP contribution in [0.15, 0.2) is 48.5 Å². The van der Waals surface area contributed by atoms with E-state index in [0.29, 0.717) is 19.6 Å². The molecule has 0 aliphatic carbocycles. The van der Waals surface area contributed by atoms with Gasteiger partial charge in [0.05, 0.1) is 24.8 Å². The fourth-order valence-electron chi connectivity index (χ4n) is 3.80. The van der Waals surface area contributed by atoms with Gasteiger partial charge in [-0.2, -0.15) is 0 Å². The Kier molecular flexibility index (Phi) is 5.20. The topological polar surface area (TPSA) is 73.7 Å². The number of carbonyl (C=O) groups is 2. The molecule has 1 aliphatic heterocycles. The van der Waals surface area contributed by atoms with Crippen molar-refractivity contribution in [2.75, 3.05) is 25.2 Å². The van der Waals surface area contributed by atoms with E-state index in [1.165, 1.54) is 0 Å². The number of methoxy groups -OCH3 is 1. The van der Waals surface area contributed by atoms with Crippen LogP contribution in [-0.4, -0.2) is 41.7 Å². The van der Waals surface area contributed by atoms with Gasteiger partial charge < -0.3 is 18.9 Å². The number of hydrogen-bond donors (Lipinski definition) is 0. The Bertz CT molecular complexity index is 1040. The number of benzene rings is 2. The molecule has 2 aromatic carbocycles. The summed E-state index contributed by atoms with van der Waals surface area (Å²) in [5, 5.41) is 0. The summed E-state index contributed by atoms with van der Waals surface area (Å²) in [5.41, 5.74) is 2.50. The number of nitrogens with zero attached hydrogens (tertiary/aromatic N) is 3. The number of para-hydroxylation sites is 2. The van der Waals surface area contributed by atoms with E-state index in [1.807, 2.05) is 53.1 Å². The number of anilines is 1. The zero-order valence-corrected chi connectivity index (χ0v) is 16.5. The van der Waals surface area contributed by atoms with Gasteiger partial charge in [-0.1, -0.05) is 12.1 Å². The molecule has 7 heteroatoms. The Labute approximate surface area is 168 Å². The minimum absolute atomic E-state index is 0.0370. The summed E-state index contributed by atoms with van der Waals surface area (Å²) in [6.07, 6.45) is 0.345. The van der Waals surface area contributed by atoms with Crippen LogP contribution < -0.4 is 9.64 Å². The molecule has 1 atom stereocenters. The molecule has 0 radical (unpaired) electrons. The first-order valence-electron chi connectivity index (χ1n) is 9.66. The van der Waals surface area contributed by atoms with E-state index in [1.54, 1.807) is 18.9 Å². The smallest absolute Gasteiger partial charge is 0.326 e. The van der Waals surface area contributed by atoms with Crippen molar-refractivity contribution < 1.29 is 19.1 Å². The number of imidazole rings is 1. The zero-order valence-electron chi connectivity index (χ0n) is 16.5. The van der Waals surface area contributed by atoms with Gasteiger partial charge in [-0.05, 0) is 43.3 Å². The molecule has 0 spiro atoms. The fraction of sp³-hybridized carbons (Fsp3) is 0.318. The lowest BCUT2D eigenvalue weighted by molar-refractivity contribution is -0.143. The first kappa shape index (κ1) is 19.0. The SMILES string of the molecule is CCOC(=O)Cn1c([C@H]2CC(=O)N(c3ccc(OC)cc3)C2)nc2ccccc21. The van der Waals surface area contributed by atoms with Gasteiger partial charge in [0.25, 0.3) is 0 Å². The van der Waals surface area contributed by atoms with Crippen LogP contribution in [0.25, 0.3) is 11.0 Å². The van der Waals surface area contributed by atoms with Gasteiger partial charge in [0.1, 0.15) is 18.1 Å². The molecular weight excluding hydrogens is 370 g/mol. The van der Waals surface area contributed by atoms with Gasteiger partial charge in [-0.15, -0.1) is 0 Å². The lowest BCUT2D eigenvalue weighted by Crippen LogP contribution is -2.24. The summed E-state index contributed by atoms with van der Waals surface area (Å²) in [5.74, 6) is 1.10. The highest BCUT2D eigenvalue weighted by molar-refractivity contribution is 5.96. The average molecular weight is 393 g/mol. The van der Waals surface area contributed by atoms with E-state index in [0.717, 1.165) is 28.3 Å². The predicted molar refractivity (Wildman–Crippen MR) is 109 cm³/mol. The number of esters is 1. The van der Waals surface area contributed by atoms with Crippen molar-refractivity contribution in [1.82, 2.24) is 9.55 Å². The third-order valence-electron chi connectivity index (χ3n) is 5.15. The highest BCUT2D eigenvalue weighted by Crippen LogP contribution is 2.33. The molecule has 0 saturated carbocycles. The molecule has 1 saturated heterocycles. The van der Waals surface area contributed by atoms with Crippen molar-refractivity contribution in [2.45, 2.75) is 25.8 Å². The Balaban J connectivity index is 1.65. The standard InChI is InChI=1S/C22H23N3O4/c1-3-29-21(27)14-25-19-7-5-4-6-18(19)23-22(25)15-12-20(26)24(13-15)16-8-10-17(28-2)11-9-16/h4-11,15H,3,12-14H2,1-2H3/t15-/m0/s1. The quantitative estimate of drug-likeness (QED) is 0.602. The van der Waals surface area contributed by atoms with Crippen molar-refractivity contribution in [3.63, 3.8) is 0 Å². The van der Waals surface area contributed by atoms with E-state index >= 15 is 0 Å². The summed E-state index contributed by atoms with van der Waals surface area (Å²) < 4.78 is 12.2. The predicted octanol–water partition coefficient (Wildman–Crippen LogP) is 3.13. The minimum atomic E-state index is -0.312. The molecule has 7 nitrogen and oxygen atoms in total. The summed E-state index contributed by atoms with van der Waals surface area (Å²) in [7, 11) is 1.61. The zero-order chi connectivity index (χ0) is 20.4. The van der Waals surface area contributed by atoms with Crippen LogP contribution in [-0.2, 0) is 20.9 Å². The molecule has 1 amide bonds. The maximum Gasteiger partial charge on any atom is 0.326 e. The van der Waals surface area contributed by atoms with Crippen molar-refractivity contribution in [2.24, 2.45) is 0 Å². The summed E-state index contributed by atoms with van der Waals surface area (Å²) >= 11 is 0. The van der Waals surface area contributed by atoms with Crippen molar-refractivity contribution in [3.8, 4) is 5.75 Å². The molecule has 150 valence electrons. The highest BCUT2D eigenvalue weighted by Gasteiger charge is 2.35. The van der Waals surface area contributed by atoms with Crippen LogP contribution in [0.5, 0.6) is 5.75 Å². The number of amides is 1. The number of ether oxygens (including phenoxy) is 2. The Morgan fingerprint density at radius 1 is 1.17 bits per heavy atom. The largest absolute Gasteiger partial charge is 0.497 e. The molecule has 29 heavy (non-hydrogen) atoms. The lowest BCUT2D eigenvalue weighted by Gasteiger charge is -2.17. The summed E-state index contributed by atoms with van der Waals surface area (Å²) in [6.45, 7) is 2.70. The molecule has 0 N–H and O–H groups in total. The van der Waals surface area contributed by atoms with Crippen LogP contribution in [0.1, 0.15) is 25.1 Å². The van der Waals surface area contributed by atoms with Crippen molar-refractivity contribution in [1.29, 1.82) is 0 Å². The lowest BCUT2D eigenvalue weighted by atomic mass is 10.1. The number of rotatable bonds is 6. The van der Waals surface area contributed by atoms with Gasteiger partial charge in [0.15, 0.2) is 0 Å². The monoisotopic (exact) mass is 393 g/mol. The summed E-state index contributed by atoms with van der Waals surface area (Å²) in [4.78, 5) is 31.4.